The smallest absolute Gasteiger partial charge is 0.380 e. The van der Waals surface area contributed by atoms with Crippen LogP contribution in [0, 0.1) is 10.1 Å². The van der Waals surface area contributed by atoms with Gasteiger partial charge in [-0.3, -0.25) is 19.2 Å². The van der Waals surface area contributed by atoms with Gasteiger partial charge in [0.05, 0.1) is 24.2 Å². The van der Waals surface area contributed by atoms with Gasteiger partial charge >= 0.3 is 6.72 Å². The zero-order valence-electron chi connectivity index (χ0n) is 13.5. The third-order valence-corrected chi connectivity index (χ3v) is 5.53. The number of benzene rings is 1. The lowest BCUT2D eigenvalue weighted by atomic mass is 10.0. The molecule has 0 N–H and O–H groups in total. The zero-order chi connectivity index (χ0) is 17.3. The average Bonchev–Trinajstić information content (AvgIpc) is 2.73. The van der Waals surface area contributed by atoms with E-state index in [0.717, 1.165) is 0 Å². The fraction of sp³-hybridized carbons (Fsp3) is 0.571. The summed E-state index contributed by atoms with van der Waals surface area (Å²) in [7, 11) is 0. The molecular formula is C14H20NO6PS. The van der Waals surface area contributed by atoms with Gasteiger partial charge in [-0.1, -0.05) is 0 Å². The van der Waals surface area contributed by atoms with Crippen molar-refractivity contribution in [1.82, 2.24) is 0 Å². The summed E-state index contributed by atoms with van der Waals surface area (Å²) in [5.74, 6) is 0.666. The van der Waals surface area contributed by atoms with Crippen LogP contribution in [0.5, 0.6) is 11.5 Å². The van der Waals surface area contributed by atoms with Gasteiger partial charge in [0.15, 0.2) is 11.5 Å². The van der Waals surface area contributed by atoms with E-state index in [-0.39, 0.29) is 11.4 Å². The van der Waals surface area contributed by atoms with Crippen LogP contribution >= 0.6 is 6.72 Å². The maximum atomic E-state index is 11.2. The first-order valence-electron chi connectivity index (χ1n) is 7.28. The van der Waals surface area contributed by atoms with Crippen LogP contribution in [0.3, 0.4) is 0 Å². The van der Waals surface area contributed by atoms with Crippen molar-refractivity contribution in [1.29, 1.82) is 0 Å². The summed E-state index contributed by atoms with van der Waals surface area (Å²) in [6.45, 7) is 4.98. The number of hydrogen-bond acceptors (Lipinski definition) is 7. The summed E-state index contributed by atoms with van der Waals surface area (Å²) in [6, 6.07) is 2.81. The van der Waals surface area contributed by atoms with Crippen LogP contribution in [0.25, 0.3) is 0 Å². The van der Waals surface area contributed by atoms with E-state index in [1.165, 1.54) is 12.1 Å². The first-order valence-corrected chi connectivity index (χ1v) is 9.84. The van der Waals surface area contributed by atoms with Gasteiger partial charge in [-0.2, -0.15) is 0 Å². The molecule has 1 heterocycles. The van der Waals surface area contributed by atoms with Crippen LogP contribution in [0.15, 0.2) is 12.1 Å². The van der Waals surface area contributed by atoms with E-state index in [9.17, 15) is 10.1 Å². The Hall–Kier alpha value is -1.21. The molecule has 0 atom stereocenters. The van der Waals surface area contributed by atoms with E-state index >= 15 is 0 Å². The lowest BCUT2D eigenvalue weighted by molar-refractivity contribution is -0.385. The Bertz CT molecular complexity index is 653. The van der Waals surface area contributed by atoms with E-state index in [0.29, 0.717) is 30.9 Å². The van der Waals surface area contributed by atoms with Crippen LogP contribution in [0.4, 0.5) is 5.69 Å². The molecule has 0 saturated carbocycles. The summed E-state index contributed by atoms with van der Waals surface area (Å²) < 4.78 is 22.5. The largest absolute Gasteiger partial charge is 0.483 e. The number of non-ortho nitro benzene ring substituents is 1. The Morgan fingerprint density at radius 3 is 2.48 bits per heavy atom. The van der Waals surface area contributed by atoms with Crippen LogP contribution in [-0.4, -0.2) is 23.7 Å². The minimum Gasteiger partial charge on any atom is -0.483 e. The quantitative estimate of drug-likeness (QED) is 0.413. The van der Waals surface area contributed by atoms with Crippen LogP contribution in [0.2, 0.25) is 0 Å². The molecule has 2 rings (SSSR count). The summed E-state index contributed by atoms with van der Waals surface area (Å²) in [4.78, 5) is 10.7. The number of hydrogen-bond donors (Lipinski definition) is 0. The van der Waals surface area contributed by atoms with Crippen molar-refractivity contribution >= 4 is 24.2 Å². The Morgan fingerprint density at radius 1 is 1.35 bits per heavy atom. The molecule has 0 unspecified atom stereocenters. The van der Waals surface area contributed by atoms with Gasteiger partial charge in [-0.25, -0.2) is 0 Å². The summed E-state index contributed by atoms with van der Waals surface area (Å²) in [6.07, 6.45) is 0.548. The Kier molecular flexibility index (Phi) is 5.30. The molecule has 0 fully saturated rings. The van der Waals surface area contributed by atoms with Gasteiger partial charge in [0.25, 0.3) is 5.69 Å². The Morgan fingerprint density at radius 2 is 1.96 bits per heavy atom. The van der Waals surface area contributed by atoms with Crippen molar-refractivity contribution in [3.8, 4) is 11.5 Å². The lowest BCUT2D eigenvalue weighted by Crippen LogP contribution is -2.24. The lowest BCUT2D eigenvalue weighted by Gasteiger charge is -2.23. The van der Waals surface area contributed by atoms with Crippen molar-refractivity contribution in [2.45, 2.75) is 39.7 Å². The van der Waals surface area contributed by atoms with Gasteiger partial charge in [-0.15, -0.1) is 0 Å². The molecule has 128 valence electrons. The van der Waals surface area contributed by atoms with Gasteiger partial charge in [0.1, 0.15) is 5.60 Å². The van der Waals surface area contributed by atoms with Crippen molar-refractivity contribution in [2.75, 3.05) is 13.2 Å². The van der Waals surface area contributed by atoms with E-state index in [4.69, 9.17) is 30.1 Å². The van der Waals surface area contributed by atoms with Gasteiger partial charge < -0.3 is 9.26 Å². The SMILES string of the molecule is CCOP(=S)(OCC)Oc1cc([N+](=O)[O-])cc2c1OC(C)(C)C2. The minimum absolute atomic E-state index is 0.0744. The molecule has 23 heavy (non-hydrogen) atoms. The molecule has 1 aliphatic heterocycles. The molecule has 0 bridgehead atoms. The molecule has 9 heteroatoms. The summed E-state index contributed by atoms with van der Waals surface area (Å²) in [5, 5.41) is 11.2. The van der Waals surface area contributed by atoms with Gasteiger partial charge in [0.2, 0.25) is 0 Å². The number of nitro groups is 1. The van der Waals surface area contributed by atoms with Crippen molar-refractivity contribution < 1.29 is 23.2 Å². The van der Waals surface area contributed by atoms with Crippen LogP contribution in [-0.2, 0) is 27.3 Å². The zero-order valence-corrected chi connectivity index (χ0v) is 15.2. The number of fused-ring (bicyclic) bond motifs is 1. The van der Waals surface area contributed by atoms with Crippen molar-refractivity contribution in [3.05, 3.63) is 27.8 Å². The second-order valence-corrected chi connectivity index (χ2v) is 8.54. The van der Waals surface area contributed by atoms with Crippen molar-refractivity contribution in [3.63, 3.8) is 0 Å². The first kappa shape index (κ1) is 18.1. The molecule has 0 amide bonds. The maximum Gasteiger partial charge on any atom is 0.380 e. The van der Waals surface area contributed by atoms with E-state index in [1.54, 1.807) is 13.8 Å². The van der Waals surface area contributed by atoms with E-state index in [2.05, 4.69) is 0 Å². The third-order valence-electron chi connectivity index (χ3n) is 3.11. The second-order valence-electron chi connectivity index (χ2n) is 5.60. The summed E-state index contributed by atoms with van der Waals surface area (Å²) in [5.41, 5.74) is 0.179. The normalized spacial score (nSPS) is 15.8. The average molecular weight is 361 g/mol. The number of nitro benzene ring substituents is 1. The minimum atomic E-state index is -3.03. The molecule has 0 aromatic heterocycles. The molecule has 0 spiro atoms. The first-order chi connectivity index (χ1) is 10.7. The molecule has 1 aliphatic rings. The number of rotatable bonds is 7. The van der Waals surface area contributed by atoms with Crippen LogP contribution in [0.1, 0.15) is 33.3 Å². The fourth-order valence-electron chi connectivity index (χ4n) is 2.36. The highest BCUT2D eigenvalue weighted by atomic mass is 32.5. The topological polar surface area (TPSA) is 80.1 Å². The monoisotopic (exact) mass is 361 g/mol. The van der Waals surface area contributed by atoms with Gasteiger partial charge in [0, 0.05) is 29.9 Å². The Balaban J connectivity index is 2.45. The number of nitrogens with zero attached hydrogens (tertiary/aromatic N) is 1. The predicted molar refractivity (Wildman–Crippen MR) is 89.7 cm³/mol. The highest BCUT2D eigenvalue weighted by Crippen LogP contribution is 2.54. The summed E-state index contributed by atoms with van der Waals surface area (Å²) >= 11 is 5.34. The van der Waals surface area contributed by atoms with Gasteiger partial charge in [-0.05, 0) is 27.7 Å². The van der Waals surface area contributed by atoms with E-state index < -0.39 is 17.2 Å². The van der Waals surface area contributed by atoms with Crippen molar-refractivity contribution in [2.24, 2.45) is 0 Å². The standard InChI is InChI=1S/C14H20NO6PS/c1-5-18-22(23,19-6-2)21-12-8-11(15(16)17)7-10-9-14(3,4)20-13(10)12/h7-8H,5-6,9H2,1-4H3. The molecule has 1 aromatic rings. The maximum absolute atomic E-state index is 11.2. The molecule has 7 nitrogen and oxygen atoms in total. The molecule has 1 aromatic carbocycles. The Labute approximate surface area is 140 Å². The predicted octanol–water partition coefficient (Wildman–Crippen LogP) is 3.98. The molecule has 0 radical (unpaired) electrons. The highest BCUT2D eigenvalue weighted by molar-refractivity contribution is 8.07. The molecule has 0 aliphatic carbocycles. The number of ether oxygens (including phenoxy) is 1. The molecule has 0 saturated heterocycles. The highest BCUT2D eigenvalue weighted by Gasteiger charge is 2.36. The van der Waals surface area contributed by atoms with E-state index in [1.807, 2.05) is 13.8 Å². The second kappa shape index (κ2) is 6.73. The molecular weight excluding hydrogens is 341 g/mol. The van der Waals surface area contributed by atoms with Crippen LogP contribution < -0.4 is 9.26 Å². The third kappa shape index (κ3) is 4.20. The fourth-order valence-corrected chi connectivity index (χ4v) is 4.42.